The normalized spacial score (nSPS) is 10.8. The van der Waals surface area contributed by atoms with Crippen molar-refractivity contribution in [3.05, 3.63) is 149 Å². The second kappa shape index (κ2) is 11.0. The number of hydrogen-bond donors (Lipinski definition) is 2. The van der Waals surface area contributed by atoms with Gasteiger partial charge >= 0.3 is 6.03 Å². The molecule has 194 valence electrons. The molecule has 0 radical (unpaired) electrons. The van der Waals surface area contributed by atoms with Crippen molar-refractivity contribution in [1.29, 1.82) is 0 Å². The summed E-state index contributed by atoms with van der Waals surface area (Å²) in [5.74, 6) is 0. The molecule has 0 aliphatic heterocycles. The van der Waals surface area contributed by atoms with Crippen LogP contribution < -0.4 is 16.2 Å². The van der Waals surface area contributed by atoms with Crippen molar-refractivity contribution in [3.8, 4) is 16.8 Å². The summed E-state index contributed by atoms with van der Waals surface area (Å²) in [6.07, 6.45) is 2.03. The van der Waals surface area contributed by atoms with Crippen molar-refractivity contribution in [2.75, 3.05) is 10.6 Å². The molecule has 6 rings (SSSR count). The number of aromatic nitrogens is 3. The summed E-state index contributed by atoms with van der Waals surface area (Å²) in [7, 11) is 0. The molecular formula is C33H25N5O2. The Balaban J connectivity index is 1.31. The fourth-order valence-corrected chi connectivity index (χ4v) is 4.68. The lowest BCUT2D eigenvalue weighted by atomic mass is 10.0. The first kappa shape index (κ1) is 24.8. The smallest absolute Gasteiger partial charge is 0.308 e. The molecule has 6 aromatic rings. The number of anilines is 2. The number of nitrogens with zero attached hydrogens (tertiary/aromatic N) is 3. The molecule has 7 heteroatoms. The molecule has 4 aromatic carbocycles. The monoisotopic (exact) mass is 523 g/mol. The van der Waals surface area contributed by atoms with Crippen LogP contribution in [0.1, 0.15) is 11.3 Å². The van der Waals surface area contributed by atoms with Gasteiger partial charge in [-0.05, 0) is 47.5 Å². The molecule has 0 aliphatic rings. The molecule has 2 heterocycles. The van der Waals surface area contributed by atoms with Crippen LogP contribution in [0.2, 0.25) is 0 Å². The number of carbonyl (C=O) groups excluding carboxylic acids is 1. The Morgan fingerprint density at radius 2 is 1.50 bits per heavy atom. The van der Waals surface area contributed by atoms with Gasteiger partial charge < -0.3 is 10.6 Å². The van der Waals surface area contributed by atoms with Crippen molar-refractivity contribution in [1.82, 2.24) is 14.5 Å². The summed E-state index contributed by atoms with van der Waals surface area (Å²) in [5, 5.41) is 5.85. The molecule has 0 spiro atoms. The Morgan fingerprint density at radius 3 is 2.33 bits per heavy atom. The van der Waals surface area contributed by atoms with Crippen LogP contribution in [0.15, 0.2) is 132 Å². The number of para-hydroxylation sites is 1. The number of amides is 2. The molecule has 0 fully saturated rings. The number of pyridine rings is 1. The summed E-state index contributed by atoms with van der Waals surface area (Å²) in [4.78, 5) is 35.8. The Bertz CT molecular complexity index is 1870. The molecule has 2 amide bonds. The van der Waals surface area contributed by atoms with Gasteiger partial charge in [-0.3, -0.25) is 9.36 Å². The summed E-state index contributed by atoms with van der Waals surface area (Å²) in [6, 6.07) is 37.7. The Hall–Kier alpha value is -5.56. The predicted molar refractivity (Wildman–Crippen MR) is 159 cm³/mol. The molecule has 0 saturated carbocycles. The highest BCUT2D eigenvalue weighted by atomic mass is 16.2. The molecule has 40 heavy (non-hydrogen) atoms. The number of rotatable bonds is 6. The van der Waals surface area contributed by atoms with Gasteiger partial charge in [0.05, 0.1) is 11.4 Å². The first-order valence-electron chi connectivity index (χ1n) is 12.9. The zero-order valence-electron chi connectivity index (χ0n) is 21.5. The topological polar surface area (TPSA) is 88.9 Å². The Labute approximate surface area is 230 Å². The van der Waals surface area contributed by atoms with Crippen LogP contribution in [0.3, 0.4) is 0 Å². The zero-order valence-corrected chi connectivity index (χ0v) is 21.5. The molecule has 0 saturated heterocycles. The molecule has 2 aromatic heterocycles. The number of hydrogen-bond acceptors (Lipinski definition) is 4. The highest BCUT2D eigenvalue weighted by Crippen LogP contribution is 2.28. The van der Waals surface area contributed by atoms with E-state index in [-0.39, 0.29) is 5.56 Å². The largest absolute Gasteiger partial charge is 0.323 e. The van der Waals surface area contributed by atoms with Gasteiger partial charge in [-0.1, -0.05) is 84.9 Å². The second-order valence-corrected chi connectivity index (χ2v) is 9.25. The summed E-state index contributed by atoms with van der Waals surface area (Å²) in [5.41, 5.74) is 5.93. The van der Waals surface area contributed by atoms with Crippen molar-refractivity contribution in [2.45, 2.75) is 6.42 Å². The zero-order chi connectivity index (χ0) is 27.3. The second-order valence-electron chi connectivity index (χ2n) is 9.25. The minimum Gasteiger partial charge on any atom is -0.308 e. The maximum Gasteiger partial charge on any atom is 0.323 e. The third-order valence-electron chi connectivity index (χ3n) is 6.52. The Morgan fingerprint density at radius 1 is 0.750 bits per heavy atom. The van der Waals surface area contributed by atoms with Crippen LogP contribution in [0.25, 0.3) is 28.0 Å². The first-order valence-corrected chi connectivity index (χ1v) is 12.9. The van der Waals surface area contributed by atoms with Crippen LogP contribution in [0.4, 0.5) is 16.2 Å². The third kappa shape index (κ3) is 5.21. The van der Waals surface area contributed by atoms with Gasteiger partial charge in [0, 0.05) is 23.9 Å². The van der Waals surface area contributed by atoms with Gasteiger partial charge in [0.1, 0.15) is 11.2 Å². The van der Waals surface area contributed by atoms with Crippen molar-refractivity contribution >= 4 is 28.6 Å². The lowest BCUT2D eigenvalue weighted by Crippen LogP contribution is -2.25. The van der Waals surface area contributed by atoms with Crippen LogP contribution in [0, 0.1) is 0 Å². The van der Waals surface area contributed by atoms with E-state index in [9.17, 15) is 9.59 Å². The van der Waals surface area contributed by atoms with Gasteiger partial charge in [0.2, 0.25) is 0 Å². The molecule has 7 nitrogen and oxygen atoms in total. The average Bonchev–Trinajstić information content (AvgIpc) is 2.99. The third-order valence-corrected chi connectivity index (χ3v) is 6.52. The van der Waals surface area contributed by atoms with Crippen LogP contribution in [0.5, 0.6) is 0 Å². The van der Waals surface area contributed by atoms with E-state index in [2.05, 4.69) is 20.6 Å². The maximum absolute atomic E-state index is 13.7. The molecule has 0 aliphatic carbocycles. The Kier molecular flexibility index (Phi) is 6.84. The van der Waals surface area contributed by atoms with E-state index in [1.165, 1.54) is 0 Å². The number of nitrogens with one attached hydrogen (secondary N) is 2. The maximum atomic E-state index is 13.7. The van der Waals surface area contributed by atoms with Gasteiger partial charge in [-0.25, -0.2) is 14.8 Å². The number of urea groups is 1. The van der Waals surface area contributed by atoms with E-state index < -0.39 is 6.03 Å². The van der Waals surface area contributed by atoms with Gasteiger partial charge in [0.15, 0.2) is 5.65 Å². The van der Waals surface area contributed by atoms with Crippen molar-refractivity contribution in [3.63, 3.8) is 0 Å². The minimum absolute atomic E-state index is 0.256. The molecular weight excluding hydrogens is 498 g/mol. The molecule has 0 atom stereocenters. The van der Waals surface area contributed by atoms with E-state index in [1.54, 1.807) is 35.0 Å². The molecule has 0 unspecified atom stereocenters. The van der Waals surface area contributed by atoms with Gasteiger partial charge in [-0.2, -0.15) is 0 Å². The summed E-state index contributed by atoms with van der Waals surface area (Å²) in [6.45, 7) is 0. The van der Waals surface area contributed by atoms with E-state index in [1.807, 2.05) is 97.1 Å². The fourth-order valence-electron chi connectivity index (χ4n) is 4.68. The summed E-state index contributed by atoms with van der Waals surface area (Å²) < 4.78 is 1.55. The highest BCUT2D eigenvalue weighted by molar-refractivity contribution is 6.02. The SMILES string of the molecule is O=C(Nc1cccc(-n2c(=O)c(Cc3ccccc3)nc3cccnc32)c1)Nc1ccccc1-c1ccccc1. The number of carbonyl (C=O) groups is 1. The average molecular weight is 524 g/mol. The lowest BCUT2D eigenvalue weighted by molar-refractivity contribution is 0.262. The first-order chi connectivity index (χ1) is 19.7. The van der Waals surface area contributed by atoms with Crippen LogP contribution >= 0.6 is 0 Å². The van der Waals surface area contributed by atoms with Gasteiger partial charge in [0.25, 0.3) is 5.56 Å². The molecule has 2 N–H and O–H groups in total. The highest BCUT2D eigenvalue weighted by Gasteiger charge is 2.15. The minimum atomic E-state index is -0.393. The van der Waals surface area contributed by atoms with E-state index >= 15 is 0 Å². The quantitative estimate of drug-likeness (QED) is 0.255. The molecule has 0 bridgehead atoms. The lowest BCUT2D eigenvalue weighted by Gasteiger charge is -2.14. The standard InChI is InChI=1S/C33H25N5O2/c39-32-30(21-23-11-3-1-4-12-23)36-29-19-10-20-34-31(29)38(32)26-16-9-15-25(22-26)35-33(40)37-28-18-8-7-17-27(28)24-13-5-2-6-14-24/h1-20,22H,21H2,(H2,35,37,40). The number of benzene rings is 4. The summed E-state index contributed by atoms with van der Waals surface area (Å²) >= 11 is 0. The fraction of sp³-hybridized carbons (Fsp3) is 0.0303. The predicted octanol–water partition coefficient (Wildman–Crippen LogP) is 6.68. The van der Waals surface area contributed by atoms with Crippen LogP contribution in [-0.4, -0.2) is 20.6 Å². The number of fused-ring (bicyclic) bond motifs is 1. The van der Waals surface area contributed by atoms with E-state index in [0.29, 0.717) is 40.3 Å². The van der Waals surface area contributed by atoms with E-state index in [0.717, 1.165) is 16.7 Å². The van der Waals surface area contributed by atoms with Crippen LogP contribution in [-0.2, 0) is 6.42 Å². The van der Waals surface area contributed by atoms with Crippen molar-refractivity contribution < 1.29 is 4.79 Å². The van der Waals surface area contributed by atoms with Gasteiger partial charge in [-0.15, -0.1) is 0 Å². The van der Waals surface area contributed by atoms with Crippen molar-refractivity contribution in [2.24, 2.45) is 0 Å². The van der Waals surface area contributed by atoms with E-state index in [4.69, 9.17) is 0 Å².